The summed E-state index contributed by atoms with van der Waals surface area (Å²) in [5.74, 6) is -9.97. The van der Waals surface area contributed by atoms with Crippen molar-refractivity contribution in [1.82, 2.24) is 0 Å². The highest BCUT2D eigenvalue weighted by Gasteiger charge is 2.80. The minimum atomic E-state index is -1.15. The number of carboxylic acids is 2. The zero-order valence-corrected chi connectivity index (χ0v) is 29.1. The van der Waals surface area contributed by atoms with Gasteiger partial charge in [-0.3, -0.25) is 19.2 Å². The van der Waals surface area contributed by atoms with Crippen molar-refractivity contribution in [2.75, 3.05) is 0 Å². The lowest BCUT2D eigenvalue weighted by molar-refractivity contribution is -0.152. The molecule has 8 rings (SSSR count). The summed E-state index contributed by atoms with van der Waals surface area (Å²) in [6.45, 7) is 16.2. The minimum Gasteiger partial charge on any atom is -0.481 e. The lowest BCUT2D eigenvalue weighted by Gasteiger charge is -2.38. The van der Waals surface area contributed by atoms with E-state index in [0.29, 0.717) is 33.0 Å². The number of aliphatic carboxylic acids is 2. The number of ether oxygens (including phenoxy) is 2. The van der Waals surface area contributed by atoms with E-state index in [2.05, 4.69) is 41.5 Å². The Morgan fingerprint density at radius 3 is 1.33 bits per heavy atom. The van der Waals surface area contributed by atoms with Crippen molar-refractivity contribution < 1.29 is 38.9 Å². The summed E-state index contributed by atoms with van der Waals surface area (Å²) in [7, 11) is 0. The van der Waals surface area contributed by atoms with E-state index >= 15 is 0 Å². The minimum absolute atomic E-state index is 0.273. The largest absolute Gasteiger partial charge is 0.481 e. The molecule has 8 heteroatoms. The Hall–Kier alpha value is -4.46. The normalized spacial score (nSPS) is 33.1. The molecule has 1 heterocycles. The van der Waals surface area contributed by atoms with Crippen molar-refractivity contribution in [2.45, 2.75) is 66.2 Å². The molecule has 8 atom stereocenters. The molecule has 1 aliphatic heterocycles. The summed E-state index contributed by atoms with van der Waals surface area (Å²) in [4.78, 5) is 56.1. The van der Waals surface area contributed by atoms with Crippen LogP contribution in [0.3, 0.4) is 0 Å². The Morgan fingerprint density at radius 2 is 1.00 bits per heavy atom. The number of hydrogen-bond acceptors (Lipinski definition) is 6. The van der Waals surface area contributed by atoms with Crippen LogP contribution in [0.1, 0.15) is 66.5 Å². The van der Waals surface area contributed by atoms with Gasteiger partial charge in [0.25, 0.3) is 0 Å². The Balaban J connectivity index is 1.49. The van der Waals surface area contributed by atoms with E-state index in [1.165, 1.54) is 0 Å². The zero-order valence-electron chi connectivity index (χ0n) is 29.1. The van der Waals surface area contributed by atoms with Crippen LogP contribution in [0, 0.1) is 52.8 Å². The summed E-state index contributed by atoms with van der Waals surface area (Å²) >= 11 is 0. The smallest absolute Gasteiger partial charge is 0.315 e. The molecule has 9 bridgehead atoms. The van der Waals surface area contributed by atoms with Crippen molar-refractivity contribution in [3.05, 3.63) is 70.8 Å². The molecule has 0 amide bonds. The van der Waals surface area contributed by atoms with Gasteiger partial charge in [0.05, 0.1) is 23.7 Å². The molecule has 254 valence electrons. The average molecular weight is 663 g/mol. The Bertz CT molecular complexity index is 1970. The van der Waals surface area contributed by atoms with Gasteiger partial charge in [-0.1, -0.05) is 89.1 Å². The van der Waals surface area contributed by atoms with E-state index in [4.69, 9.17) is 9.47 Å². The van der Waals surface area contributed by atoms with Crippen molar-refractivity contribution in [1.29, 1.82) is 0 Å². The number of fused-ring (bicyclic) bond motifs is 3. The number of allylic oxidation sites excluding steroid dienone is 4. The summed E-state index contributed by atoms with van der Waals surface area (Å²) in [6.07, 6.45) is 3.92. The second kappa shape index (κ2) is 9.83. The third-order valence-corrected chi connectivity index (χ3v) is 12.6. The third kappa shape index (κ3) is 3.97. The van der Waals surface area contributed by atoms with Gasteiger partial charge in [0, 0.05) is 33.4 Å². The molecule has 8 nitrogen and oxygen atoms in total. The summed E-state index contributed by atoms with van der Waals surface area (Å²) < 4.78 is 13.0. The van der Waals surface area contributed by atoms with Gasteiger partial charge in [0.15, 0.2) is 0 Å². The predicted octanol–water partition coefficient (Wildman–Crippen LogP) is 7.44. The fourth-order valence-electron chi connectivity index (χ4n) is 10.8. The second-order valence-corrected chi connectivity index (χ2v) is 17.1. The van der Waals surface area contributed by atoms with Crippen LogP contribution in [0.25, 0.3) is 21.5 Å². The quantitative estimate of drug-likeness (QED) is 0.125. The molecule has 0 radical (unpaired) electrons. The van der Waals surface area contributed by atoms with Gasteiger partial charge in [0.1, 0.15) is 11.5 Å². The van der Waals surface area contributed by atoms with Crippen LogP contribution in [-0.2, 0) is 30.0 Å². The molecular formula is C41H42O8. The molecule has 4 aliphatic carbocycles. The topological polar surface area (TPSA) is 127 Å². The molecule has 8 unspecified atom stereocenters. The Labute approximate surface area is 285 Å². The van der Waals surface area contributed by atoms with Gasteiger partial charge >= 0.3 is 23.9 Å². The number of benzene rings is 3. The van der Waals surface area contributed by atoms with Crippen molar-refractivity contribution in [3.63, 3.8) is 0 Å². The second-order valence-electron chi connectivity index (χ2n) is 17.1. The fourth-order valence-corrected chi connectivity index (χ4v) is 10.8. The molecule has 3 aromatic rings. The fraction of sp³-hybridized carbons (Fsp3) is 0.463. The SMILES string of the molecule is CC1=CC2C3C(=O)Oc4c5ccc(C(C)(C)C)cc5c(c5ccc(C(C)(C)C)cc45)OC(=O)C4C(C(=O)O)C5C(C)=CC4C25C1C3C(=O)O. The molecule has 0 saturated heterocycles. The Kier molecular flexibility index (Phi) is 6.38. The van der Waals surface area contributed by atoms with Crippen molar-refractivity contribution >= 4 is 45.4 Å². The van der Waals surface area contributed by atoms with E-state index in [9.17, 15) is 29.4 Å². The van der Waals surface area contributed by atoms with Crippen LogP contribution >= 0.6 is 0 Å². The molecule has 2 N–H and O–H groups in total. The van der Waals surface area contributed by atoms with Crippen LogP contribution in [0.5, 0.6) is 11.5 Å². The van der Waals surface area contributed by atoms with Crippen molar-refractivity contribution in [3.8, 4) is 11.5 Å². The summed E-state index contributed by atoms with van der Waals surface area (Å²) in [6, 6.07) is 11.6. The van der Waals surface area contributed by atoms with Crippen LogP contribution in [-0.4, -0.2) is 34.1 Å². The molecule has 2 saturated carbocycles. The van der Waals surface area contributed by atoms with E-state index in [1.807, 2.05) is 62.4 Å². The molecule has 49 heavy (non-hydrogen) atoms. The lowest BCUT2D eigenvalue weighted by atomic mass is 9.63. The van der Waals surface area contributed by atoms with Crippen LogP contribution in [0.2, 0.25) is 0 Å². The first-order chi connectivity index (χ1) is 22.9. The number of rotatable bonds is 2. The van der Waals surface area contributed by atoms with E-state index in [0.717, 1.165) is 22.3 Å². The number of carbonyl (C=O) groups excluding carboxylic acids is 2. The first kappa shape index (κ1) is 31.8. The average Bonchev–Trinajstić information content (AvgIpc) is 3.67. The van der Waals surface area contributed by atoms with Gasteiger partial charge in [-0.15, -0.1) is 0 Å². The van der Waals surface area contributed by atoms with Crippen LogP contribution in [0.4, 0.5) is 0 Å². The maximum absolute atomic E-state index is 14.8. The van der Waals surface area contributed by atoms with Crippen LogP contribution in [0.15, 0.2) is 59.7 Å². The summed E-state index contributed by atoms with van der Waals surface area (Å²) in [5.41, 5.74) is 2.04. The van der Waals surface area contributed by atoms with Gasteiger partial charge in [-0.2, -0.15) is 0 Å². The van der Waals surface area contributed by atoms with E-state index in [-0.39, 0.29) is 10.8 Å². The Morgan fingerprint density at radius 1 is 0.633 bits per heavy atom. The van der Waals surface area contributed by atoms with Gasteiger partial charge in [-0.05, 0) is 65.2 Å². The molecule has 2 fully saturated rings. The van der Waals surface area contributed by atoms with E-state index in [1.54, 1.807) is 0 Å². The maximum Gasteiger partial charge on any atom is 0.315 e. The lowest BCUT2D eigenvalue weighted by Crippen LogP contribution is -2.39. The number of carboxylic acid groups (broad SMARTS) is 2. The third-order valence-electron chi connectivity index (χ3n) is 12.6. The molecular weight excluding hydrogens is 620 g/mol. The number of esters is 2. The van der Waals surface area contributed by atoms with Gasteiger partial charge in [0.2, 0.25) is 0 Å². The first-order valence-electron chi connectivity index (χ1n) is 17.2. The molecule has 0 aromatic heterocycles. The van der Waals surface area contributed by atoms with E-state index < -0.39 is 76.6 Å². The highest BCUT2D eigenvalue weighted by molar-refractivity contribution is 6.13. The molecule has 5 aliphatic rings. The predicted molar refractivity (Wildman–Crippen MR) is 183 cm³/mol. The zero-order chi connectivity index (χ0) is 35.3. The van der Waals surface area contributed by atoms with Crippen molar-refractivity contribution in [2.24, 2.45) is 52.8 Å². The monoisotopic (exact) mass is 662 g/mol. The maximum atomic E-state index is 14.8. The van der Waals surface area contributed by atoms with Crippen LogP contribution < -0.4 is 9.47 Å². The highest BCUT2D eigenvalue weighted by atomic mass is 16.5. The van der Waals surface area contributed by atoms with Gasteiger partial charge < -0.3 is 19.7 Å². The number of carbonyl (C=O) groups is 4. The summed E-state index contributed by atoms with van der Waals surface area (Å²) in [5, 5.41) is 23.9. The molecule has 3 aromatic carbocycles. The standard InChI is InChI=1S/C41H42O8/c1-17-13-25-27-29(35(42)43)31(17)41(25)26-14-18(2)32(41)30(36(44)45)28(26)38(47)49-34-22-12-10-19(39(3,4)5)15-23(22)33(48-37(27)46)21-11-9-20(16-24(21)34)40(6,7)8/h9-16,25-32H,1-8H3,(H,42,43)(H,44,45). The van der Waals surface area contributed by atoms with Gasteiger partial charge in [-0.25, -0.2) is 0 Å². The first-order valence-corrected chi connectivity index (χ1v) is 17.2. The number of hydrogen-bond donors (Lipinski definition) is 2. The molecule has 1 spiro atoms. The highest BCUT2D eigenvalue weighted by Crippen LogP contribution is 2.78.